The van der Waals surface area contributed by atoms with Crippen molar-refractivity contribution in [2.24, 2.45) is 11.8 Å². The van der Waals surface area contributed by atoms with Crippen LogP contribution >= 0.6 is 0 Å². The summed E-state index contributed by atoms with van der Waals surface area (Å²) >= 11 is 0. The summed E-state index contributed by atoms with van der Waals surface area (Å²) in [7, 11) is 0. The van der Waals surface area contributed by atoms with Crippen molar-refractivity contribution in [3.8, 4) is 0 Å². The van der Waals surface area contributed by atoms with Crippen LogP contribution in [0.15, 0.2) is 0 Å². The highest BCUT2D eigenvalue weighted by Crippen LogP contribution is 2.23. The SMILES string of the molecule is CC(C)CCCCCC(C)(O)CC(C)C. The third kappa shape index (κ3) is 10.2. The molecule has 0 aromatic heterocycles. The predicted molar refractivity (Wildman–Crippen MR) is 68.0 cm³/mol. The van der Waals surface area contributed by atoms with Crippen molar-refractivity contribution in [1.82, 2.24) is 0 Å². The van der Waals surface area contributed by atoms with E-state index in [1.807, 2.05) is 6.92 Å². The molecule has 0 aliphatic rings. The van der Waals surface area contributed by atoms with Crippen LogP contribution in [0.1, 0.15) is 73.1 Å². The van der Waals surface area contributed by atoms with Gasteiger partial charge in [0.1, 0.15) is 0 Å². The van der Waals surface area contributed by atoms with Gasteiger partial charge in [-0.3, -0.25) is 0 Å². The molecule has 1 heteroatoms. The molecule has 0 fully saturated rings. The monoisotopic (exact) mass is 214 g/mol. The summed E-state index contributed by atoms with van der Waals surface area (Å²) < 4.78 is 0. The first-order valence-electron chi connectivity index (χ1n) is 6.56. The highest BCUT2D eigenvalue weighted by Gasteiger charge is 2.20. The second-order valence-electron chi connectivity index (χ2n) is 6.09. The maximum atomic E-state index is 10.1. The van der Waals surface area contributed by atoms with E-state index in [4.69, 9.17) is 0 Å². The lowest BCUT2D eigenvalue weighted by Gasteiger charge is -2.25. The van der Waals surface area contributed by atoms with Crippen LogP contribution in [0, 0.1) is 11.8 Å². The van der Waals surface area contributed by atoms with Crippen molar-refractivity contribution in [3.05, 3.63) is 0 Å². The summed E-state index contributed by atoms with van der Waals surface area (Å²) in [5.74, 6) is 1.41. The normalized spacial score (nSPS) is 16.0. The zero-order valence-electron chi connectivity index (χ0n) is 11.3. The second-order valence-corrected chi connectivity index (χ2v) is 6.09. The Kier molecular flexibility index (Phi) is 7.25. The Morgan fingerprint density at radius 2 is 1.53 bits per heavy atom. The van der Waals surface area contributed by atoms with Gasteiger partial charge in [-0.1, -0.05) is 53.4 Å². The number of hydrogen-bond acceptors (Lipinski definition) is 1. The van der Waals surface area contributed by atoms with Gasteiger partial charge in [-0.05, 0) is 31.6 Å². The number of hydrogen-bond donors (Lipinski definition) is 1. The maximum absolute atomic E-state index is 10.1. The van der Waals surface area contributed by atoms with Crippen LogP contribution in [0.25, 0.3) is 0 Å². The molecule has 1 unspecified atom stereocenters. The van der Waals surface area contributed by atoms with Gasteiger partial charge >= 0.3 is 0 Å². The minimum Gasteiger partial charge on any atom is -0.390 e. The third-order valence-corrected chi connectivity index (χ3v) is 2.84. The zero-order valence-corrected chi connectivity index (χ0v) is 11.3. The molecule has 0 rings (SSSR count). The molecule has 0 aromatic rings. The van der Waals surface area contributed by atoms with E-state index in [1.165, 1.54) is 25.7 Å². The van der Waals surface area contributed by atoms with Crippen LogP contribution in [0.5, 0.6) is 0 Å². The Morgan fingerprint density at radius 1 is 0.933 bits per heavy atom. The topological polar surface area (TPSA) is 20.2 Å². The molecule has 0 aliphatic carbocycles. The minimum absolute atomic E-state index is 0.438. The number of rotatable bonds is 8. The van der Waals surface area contributed by atoms with E-state index in [0.29, 0.717) is 5.92 Å². The van der Waals surface area contributed by atoms with Crippen LogP contribution in [-0.2, 0) is 0 Å². The molecule has 92 valence electrons. The van der Waals surface area contributed by atoms with Gasteiger partial charge in [0.2, 0.25) is 0 Å². The molecule has 0 radical (unpaired) electrons. The molecule has 0 saturated carbocycles. The molecule has 1 nitrogen and oxygen atoms in total. The first kappa shape index (κ1) is 15.0. The third-order valence-electron chi connectivity index (χ3n) is 2.84. The Bertz CT molecular complexity index is 147. The lowest BCUT2D eigenvalue weighted by molar-refractivity contribution is 0.0274. The molecule has 0 spiro atoms. The summed E-state index contributed by atoms with van der Waals surface area (Å²) in [6, 6.07) is 0. The van der Waals surface area contributed by atoms with Crippen LogP contribution in [0.3, 0.4) is 0 Å². The van der Waals surface area contributed by atoms with Gasteiger partial charge in [0.15, 0.2) is 0 Å². The Hall–Kier alpha value is -0.0400. The molecular formula is C14H30O. The number of unbranched alkanes of at least 4 members (excludes halogenated alkanes) is 2. The summed E-state index contributed by atoms with van der Waals surface area (Å²) in [5.41, 5.74) is -0.438. The highest BCUT2D eigenvalue weighted by atomic mass is 16.3. The lowest BCUT2D eigenvalue weighted by Crippen LogP contribution is -2.25. The van der Waals surface area contributed by atoms with Gasteiger partial charge in [-0.25, -0.2) is 0 Å². The van der Waals surface area contributed by atoms with E-state index >= 15 is 0 Å². The van der Waals surface area contributed by atoms with Gasteiger partial charge < -0.3 is 5.11 Å². The number of aliphatic hydroxyl groups is 1. The minimum atomic E-state index is -0.438. The van der Waals surface area contributed by atoms with Crippen LogP contribution in [0.2, 0.25) is 0 Å². The van der Waals surface area contributed by atoms with Gasteiger partial charge in [-0.15, -0.1) is 0 Å². The molecule has 1 atom stereocenters. The first-order chi connectivity index (χ1) is 6.83. The van der Waals surface area contributed by atoms with E-state index < -0.39 is 5.60 Å². The molecule has 1 N–H and O–H groups in total. The molecule has 0 bridgehead atoms. The fraction of sp³-hybridized carbons (Fsp3) is 1.00. The van der Waals surface area contributed by atoms with Crippen molar-refractivity contribution in [1.29, 1.82) is 0 Å². The van der Waals surface area contributed by atoms with Crippen molar-refractivity contribution in [3.63, 3.8) is 0 Å². The first-order valence-corrected chi connectivity index (χ1v) is 6.56. The van der Waals surface area contributed by atoms with Gasteiger partial charge in [0.05, 0.1) is 5.60 Å². The fourth-order valence-corrected chi connectivity index (χ4v) is 2.22. The molecule has 0 amide bonds. The smallest absolute Gasteiger partial charge is 0.0622 e. The summed E-state index contributed by atoms with van der Waals surface area (Å²) in [6.07, 6.45) is 6.97. The highest BCUT2D eigenvalue weighted by molar-refractivity contribution is 4.73. The van der Waals surface area contributed by atoms with E-state index in [2.05, 4.69) is 27.7 Å². The summed E-state index contributed by atoms with van der Waals surface area (Å²) in [6.45, 7) is 10.9. The molecule has 0 saturated heterocycles. The van der Waals surface area contributed by atoms with Crippen molar-refractivity contribution >= 4 is 0 Å². The van der Waals surface area contributed by atoms with Crippen molar-refractivity contribution < 1.29 is 5.11 Å². The van der Waals surface area contributed by atoms with Gasteiger partial charge in [-0.2, -0.15) is 0 Å². The quantitative estimate of drug-likeness (QED) is 0.594. The predicted octanol–water partition coefficient (Wildman–Crippen LogP) is 4.39. The molecule has 0 aliphatic heterocycles. The van der Waals surface area contributed by atoms with Crippen molar-refractivity contribution in [2.45, 2.75) is 78.7 Å². The largest absolute Gasteiger partial charge is 0.390 e. The maximum Gasteiger partial charge on any atom is 0.0622 e. The van der Waals surface area contributed by atoms with Gasteiger partial charge in [0, 0.05) is 0 Å². The van der Waals surface area contributed by atoms with Crippen LogP contribution in [-0.4, -0.2) is 10.7 Å². The van der Waals surface area contributed by atoms with Crippen molar-refractivity contribution in [2.75, 3.05) is 0 Å². The standard InChI is InChI=1S/C14H30O/c1-12(2)9-7-6-8-10-14(5,15)11-13(3)4/h12-13,15H,6-11H2,1-5H3. The van der Waals surface area contributed by atoms with Crippen LogP contribution in [0.4, 0.5) is 0 Å². The van der Waals surface area contributed by atoms with E-state index in [0.717, 1.165) is 18.8 Å². The zero-order chi connectivity index (χ0) is 11.9. The van der Waals surface area contributed by atoms with E-state index in [1.54, 1.807) is 0 Å². The second kappa shape index (κ2) is 7.27. The van der Waals surface area contributed by atoms with Crippen LogP contribution < -0.4 is 0 Å². The molecule has 0 heterocycles. The summed E-state index contributed by atoms with van der Waals surface area (Å²) in [4.78, 5) is 0. The Morgan fingerprint density at radius 3 is 2.00 bits per heavy atom. The molecule has 15 heavy (non-hydrogen) atoms. The lowest BCUT2D eigenvalue weighted by atomic mass is 9.89. The average Bonchev–Trinajstić information content (AvgIpc) is 1.99. The fourth-order valence-electron chi connectivity index (χ4n) is 2.22. The Balaban J connectivity index is 3.48. The van der Waals surface area contributed by atoms with Gasteiger partial charge in [0.25, 0.3) is 0 Å². The molecule has 0 aromatic carbocycles. The molecular weight excluding hydrogens is 184 g/mol. The van der Waals surface area contributed by atoms with E-state index in [-0.39, 0.29) is 0 Å². The Labute approximate surface area is 96.3 Å². The van der Waals surface area contributed by atoms with E-state index in [9.17, 15) is 5.11 Å². The average molecular weight is 214 g/mol. The summed E-state index contributed by atoms with van der Waals surface area (Å²) in [5, 5.41) is 10.1.